The van der Waals surface area contributed by atoms with E-state index in [2.05, 4.69) is 10.6 Å². The molecule has 1 saturated carbocycles. The Bertz CT molecular complexity index is 1040. The van der Waals surface area contributed by atoms with Crippen molar-refractivity contribution in [3.05, 3.63) is 42.4 Å². The molecule has 1 aliphatic carbocycles. The molecule has 0 radical (unpaired) electrons. The first kappa shape index (κ1) is 23.7. The highest BCUT2D eigenvalue weighted by Crippen LogP contribution is 2.37. The number of hydrogen-bond acceptors (Lipinski definition) is 6. The second kappa shape index (κ2) is 9.79. The monoisotopic (exact) mass is 469 g/mol. The van der Waals surface area contributed by atoms with E-state index in [1.165, 1.54) is 11.2 Å². The van der Waals surface area contributed by atoms with Crippen LogP contribution in [-0.2, 0) is 14.4 Å². The van der Waals surface area contributed by atoms with E-state index in [-0.39, 0.29) is 11.8 Å². The van der Waals surface area contributed by atoms with Crippen LogP contribution in [0.4, 0.5) is 5.69 Å². The van der Waals surface area contributed by atoms with Gasteiger partial charge in [-0.3, -0.25) is 19.3 Å². The van der Waals surface area contributed by atoms with Crippen molar-refractivity contribution in [2.24, 2.45) is 0 Å². The quantitative estimate of drug-likeness (QED) is 0.651. The van der Waals surface area contributed by atoms with E-state index in [0.717, 1.165) is 25.7 Å². The van der Waals surface area contributed by atoms with E-state index in [1.807, 2.05) is 20.8 Å². The molecule has 182 valence electrons. The topological polar surface area (TPSA) is 110 Å². The van der Waals surface area contributed by atoms with Crippen molar-refractivity contribution in [2.75, 3.05) is 18.1 Å². The Morgan fingerprint density at radius 1 is 1.03 bits per heavy atom. The summed E-state index contributed by atoms with van der Waals surface area (Å²) in [6, 6.07) is 6.89. The third-order valence-corrected chi connectivity index (χ3v) is 5.72. The summed E-state index contributed by atoms with van der Waals surface area (Å²) in [7, 11) is 0. The molecule has 1 fully saturated rings. The summed E-state index contributed by atoms with van der Waals surface area (Å²) in [6.45, 7) is 6.30. The molecule has 2 aromatic rings. The van der Waals surface area contributed by atoms with Gasteiger partial charge in [0.2, 0.25) is 0 Å². The molecule has 1 atom stereocenters. The molecule has 34 heavy (non-hydrogen) atoms. The van der Waals surface area contributed by atoms with Crippen molar-refractivity contribution < 1.29 is 28.3 Å². The molecule has 1 aromatic carbocycles. The fourth-order valence-corrected chi connectivity index (χ4v) is 4.25. The van der Waals surface area contributed by atoms with Crippen LogP contribution in [0.1, 0.15) is 58.3 Å². The summed E-state index contributed by atoms with van der Waals surface area (Å²) in [5.74, 6) is -0.882. The zero-order valence-corrected chi connectivity index (χ0v) is 19.8. The number of anilines is 1. The van der Waals surface area contributed by atoms with E-state index in [1.54, 1.807) is 30.3 Å². The van der Waals surface area contributed by atoms with Crippen LogP contribution < -0.4 is 25.0 Å². The zero-order valence-electron chi connectivity index (χ0n) is 19.8. The van der Waals surface area contributed by atoms with Gasteiger partial charge in [0.05, 0.1) is 6.26 Å². The first-order valence-corrected chi connectivity index (χ1v) is 11.6. The highest BCUT2D eigenvalue weighted by molar-refractivity contribution is 6.41. The molecular formula is C25H31N3O6. The van der Waals surface area contributed by atoms with Crippen molar-refractivity contribution in [3.8, 4) is 11.5 Å². The van der Waals surface area contributed by atoms with Crippen LogP contribution in [0, 0.1) is 0 Å². The number of carbonyl (C=O) groups is 3. The van der Waals surface area contributed by atoms with Gasteiger partial charge >= 0.3 is 11.8 Å². The molecule has 0 bridgehead atoms. The molecule has 3 amide bonds. The van der Waals surface area contributed by atoms with Crippen LogP contribution in [0.3, 0.4) is 0 Å². The van der Waals surface area contributed by atoms with Gasteiger partial charge < -0.3 is 24.5 Å². The van der Waals surface area contributed by atoms with Crippen LogP contribution in [0.25, 0.3) is 0 Å². The smallest absolute Gasteiger partial charge is 0.317 e. The number of nitrogens with one attached hydrogen (secondary N) is 2. The highest BCUT2D eigenvalue weighted by Gasteiger charge is 2.39. The van der Waals surface area contributed by atoms with Crippen LogP contribution in [0.2, 0.25) is 0 Å². The second-order valence-corrected chi connectivity index (χ2v) is 9.62. The minimum absolute atomic E-state index is 0.0518. The lowest BCUT2D eigenvalue weighted by Crippen LogP contribution is -2.53. The van der Waals surface area contributed by atoms with Gasteiger partial charge in [-0.25, -0.2) is 0 Å². The maximum atomic E-state index is 13.6. The maximum Gasteiger partial charge on any atom is 0.317 e. The Morgan fingerprint density at radius 3 is 2.38 bits per heavy atom. The predicted octanol–water partition coefficient (Wildman–Crippen LogP) is 3.10. The first-order chi connectivity index (χ1) is 16.2. The Hall–Kier alpha value is -3.49. The summed E-state index contributed by atoms with van der Waals surface area (Å²) >= 11 is 0. The number of rotatable bonds is 5. The number of benzene rings is 1. The summed E-state index contributed by atoms with van der Waals surface area (Å²) in [5, 5.41) is 5.74. The predicted molar refractivity (Wildman–Crippen MR) is 125 cm³/mol. The molecule has 1 aromatic heterocycles. The van der Waals surface area contributed by atoms with Gasteiger partial charge in [-0.2, -0.15) is 0 Å². The fourth-order valence-electron chi connectivity index (χ4n) is 4.25. The maximum absolute atomic E-state index is 13.6. The van der Waals surface area contributed by atoms with Crippen molar-refractivity contribution in [3.63, 3.8) is 0 Å². The molecule has 0 unspecified atom stereocenters. The highest BCUT2D eigenvalue weighted by atomic mass is 16.6. The lowest BCUT2D eigenvalue weighted by molar-refractivity contribution is -0.139. The Balaban J connectivity index is 1.75. The molecule has 2 aliphatic rings. The van der Waals surface area contributed by atoms with Crippen LogP contribution >= 0.6 is 0 Å². The minimum Gasteiger partial charge on any atom is -0.486 e. The normalized spacial score (nSPS) is 16.6. The Kier molecular flexibility index (Phi) is 6.81. The first-order valence-electron chi connectivity index (χ1n) is 11.6. The number of furan rings is 1. The van der Waals surface area contributed by atoms with Gasteiger partial charge in [0.1, 0.15) is 19.0 Å². The van der Waals surface area contributed by atoms with E-state index < -0.39 is 29.3 Å². The van der Waals surface area contributed by atoms with Crippen LogP contribution in [0.15, 0.2) is 41.0 Å². The molecule has 0 spiro atoms. The van der Waals surface area contributed by atoms with Crippen LogP contribution in [-0.4, -0.2) is 42.5 Å². The molecule has 4 rings (SSSR count). The molecule has 9 heteroatoms. The summed E-state index contributed by atoms with van der Waals surface area (Å²) in [6.07, 6.45) is 5.10. The SMILES string of the molecule is CC(C)(C)NC(=O)[C@H](c1ccco1)N(C(=O)C(=O)NC1CCCC1)c1ccc2c(c1)OCCO2. The third-order valence-electron chi connectivity index (χ3n) is 5.72. The number of ether oxygens (including phenoxy) is 2. The van der Waals surface area contributed by atoms with Gasteiger partial charge in [-0.05, 0) is 57.9 Å². The minimum atomic E-state index is -1.21. The van der Waals surface area contributed by atoms with Gasteiger partial charge in [-0.15, -0.1) is 0 Å². The van der Waals surface area contributed by atoms with E-state index in [0.29, 0.717) is 30.4 Å². The lowest BCUT2D eigenvalue weighted by atomic mass is 10.1. The molecular weight excluding hydrogens is 438 g/mol. The number of hydrogen-bond donors (Lipinski definition) is 2. The number of carbonyl (C=O) groups excluding carboxylic acids is 3. The zero-order chi connectivity index (χ0) is 24.3. The summed E-state index contributed by atoms with van der Waals surface area (Å²) in [5.41, 5.74) is -0.253. The molecule has 1 aliphatic heterocycles. The molecule has 0 saturated heterocycles. The Morgan fingerprint density at radius 2 is 1.74 bits per heavy atom. The van der Waals surface area contributed by atoms with E-state index >= 15 is 0 Å². The van der Waals surface area contributed by atoms with E-state index in [9.17, 15) is 14.4 Å². The molecule has 2 heterocycles. The third kappa shape index (κ3) is 5.35. The Labute approximate surface area is 198 Å². The van der Waals surface area contributed by atoms with Gasteiger partial charge in [0.25, 0.3) is 5.91 Å². The molecule has 2 N–H and O–H groups in total. The van der Waals surface area contributed by atoms with Gasteiger partial charge in [0, 0.05) is 23.3 Å². The fraction of sp³-hybridized carbons (Fsp3) is 0.480. The van der Waals surface area contributed by atoms with Crippen molar-refractivity contribution in [2.45, 2.75) is 64.1 Å². The second-order valence-electron chi connectivity index (χ2n) is 9.62. The van der Waals surface area contributed by atoms with Crippen molar-refractivity contribution >= 4 is 23.4 Å². The number of nitrogens with zero attached hydrogens (tertiary/aromatic N) is 1. The number of fused-ring (bicyclic) bond motifs is 1. The summed E-state index contributed by atoms with van der Waals surface area (Å²) < 4.78 is 16.8. The van der Waals surface area contributed by atoms with Crippen molar-refractivity contribution in [1.82, 2.24) is 10.6 Å². The average molecular weight is 470 g/mol. The van der Waals surface area contributed by atoms with Gasteiger partial charge in [0.15, 0.2) is 17.5 Å². The standard InChI is InChI=1S/C25H31N3O6/c1-25(2,3)27-22(29)21(19-9-6-12-32-19)28(24(31)23(30)26-16-7-4-5-8-16)17-10-11-18-20(15-17)34-14-13-33-18/h6,9-12,15-16,21H,4-5,7-8,13-14H2,1-3H3,(H,26,30)(H,27,29)/t21-/m0/s1. The van der Waals surface area contributed by atoms with E-state index in [4.69, 9.17) is 13.9 Å². The van der Waals surface area contributed by atoms with Crippen LogP contribution in [0.5, 0.6) is 11.5 Å². The molecule has 9 nitrogen and oxygen atoms in total. The summed E-state index contributed by atoms with van der Waals surface area (Å²) in [4.78, 5) is 41.3. The van der Waals surface area contributed by atoms with Gasteiger partial charge in [-0.1, -0.05) is 12.8 Å². The van der Waals surface area contributed by atoms with Crippen molar-refractivity contribution in [1.29, 1.82) is 0 Å². The number of amides is 3. The largest absolute Gasteiger partial charge is 0.486 e. The lowest BCUT2D eigenvalue weighted by Gasteiger charge is -2.32. The average Bonchev–Trinajstić information content (AvgIpc) is 3.50.